The van der Waals surface area contributed by atoms with Crippen LogP contribution in [0.1, 0.15) is 23.2 Å². The summed E-state index contributed by atoms with van der Waals surface area (Å²) in [7, 11) is 1.30. The van der Waals surface area contributed by atoms with Gasteiger partial charge in [-0.1, -0.05) is 12.1 Å². The van der Waals surface area contributed by atoms with Crippen LogP contribution >= 0.6 is 0 Å². The van der Waals surface area contributed by atoms with E-state index in [-0.39, 0.29) is 18.0 Å². The van der Waals surface area contributed by atoms with E-state index >= 15 is 0 Å². The number of esters is 1. The average molecular weight is 361 g/mol. The zero-order valence-electron chi connectivity index (χ0n) is 14.8. The number of carbonyl (C=O) groups is 3. The van der Waals surface area contributed by atoms with Crippen molar-refractivity contribution < 1.29 is 23.9 Å². The zero-order valence-corrected chi connectivity index (χ0v) is 14.8. The minimum atomic E-state index is -0.507. The van der Waals surface area contributed by atoms with Crippen LogP contribution in [0.3, 0.4) is 0 Å². The van der Waals surface area contributed by atoms with Gasteiger partial charge in [0.15, 0.2) is 0 Å². The maximum atomic E-state index is 12.5. The number of urea groups is 1. The molecule has 0 saturated carbocycles. The van der Waals surface area contributed by atoms with Gasteiger partial charge in [-0.05, 0) is 25.0 Å². The largest absolute Gasteiger partial charge is 0.465 e. The third-order valence-corrected chi connectivity index (χ3v) is 4.66. The van der Waals surface area contributed by atoms with Gasteiger partial charge in [-0.2, -0.15) is 0 Å². The Labute approximate surface area is 152 Å². The Bertz CT molecular complexity index is 679. The van der Waals surface area contributed by atoms with Gasteiger partial charge in [0.2, 0.25) is 0 Å². The van der Waals surface area contributed by atoms with Crippen LogP contribution in [0.2, 0.25) is 0 Å². The molecule has 0 bridgehead atoms. The standard InChI is InChI=1S/C18H23N3O5/c1-25-17(23)13-5-2-3-6-14(13)19-18(24)21-10-8-20(9-11-21)16(22)15-7-4-12-26-15/h2-3,5-6,15H,4,7-12H2,1H3,(H,19,24)/t15-/m0/s1. The Kier molecular flexibility index (Phi) is 5.72. The molecule has 2 aliphatic rings. The van der Waals surface area contributed by atoms with E-state index in [0.717, 1.165) is 12.8 Å². The molecule has 1 N–H and O–H groups in total. The van der Waals surface area contributed by atoms with Crippen molar-refractivity contribution in [3.05, 3.63) is 29.8 Å². The van der Waals surface area contributed by atoms with E-state index in [0.29, 0.717) is 44.0 Å². The number of carbonyl (C=O) groups excluding carboxylic acids is 3. The second kappa shape index (κ2) is 8.18. The summed E-state index contributed by atoms with van der Waals surface area (Å²) in [4.78, 5) is 40.0. The first-order valence-corrected chi connectivity index (χ1v) is 8.74. The lowest BCUT2D eigenvalue weighted by Crippen LogP contribution is -2.53. The molecular weight excluding hydrogens is 338 g/mol. The first kappa shape index (κ1) is 18.2. The van der Waals surface area contributed by atoms with E-state index in [1.807, 2.05) is 0 Å². The van der Waals surface area contributed by atoms with Gasteiger partial charge in [0, 0.05) is 32.8 Å². The Morgan fingerprint density at radius 1 is 1.12 bits per heavy atom. The van der Waals surface area contributed by atoms with Gasteiger partial charge in [-0.15, -0.1) is 0 Å². The Morgan fingerprint density at radius 3 is 2.46 bits per heavy atom. The Morgan fingerprint density at radius 2 is 1.81 bits per heavy atom. The number of nitrogens with one attached hydrogen (secondary N) is 1. The van der Waals surface area contributed by atoms with Gasteiger partial charge < -0.3 is 24.6 Å². The highest BCUT2D eigenvalue weighted by Gasteiger charge is 2.31. The maximum absolute atomic E-state index is 12.5. The molecule has 3 amide bonds. The van der Waals surface area contributed by atoms with Crippen molar-refractivity contribution in [2.45, 2.75) is 18.9 Å². The molecule has 1 atom stereocenters. The number of piperazine rings is 1. The number of nitrogens with zero attached hydrogens (tertiary/aromatic N) is 2. The number of ether oxygens (including phenoxy) is 2. The van der Waals surface area contributed by atoms with Crippen LogP contribution in [0.25, 0.3) is 0 Å². The van der Waals surface area contributed by atoms with Gasteiger partial charge >= 0.3 is 12.0 Å². The molecule has 8 heteroatoms. The number of rotatable bonds is 3. The van der Waals surface area contributed by atoms with Crippen molar-refractivity contribution in [2.75, 3.05) is 45.2 Å². The van der Waals surface area contributed by atoms with Crippen LogP contribution in [0, 0.1) is 0 Å². The van der Waals surface area contributed by atoms with E-state index in [1.54, 1.807) is 34.1 Å². The molecule has 1 aromatic carbocycles. The third-order valence-electron chi connectivity index (χ3n) is 4.66. The number of anilines is 1. The fourth-order valence-corrected chi connectivity index (χ4v) is 3.18. The number of amides is 3. The summed E-state index contributed by atoms with van der Waals surface area (Å²) in [5, 5.41) is 2.75. The topological polar surface area (TPSA) is 88.2 Å². The predicted molar refractivity (Wildman–Crippen MR) is 93.9 cm³/mol. The molecule has 0 aliphatic carbocycles. The maximum Gasteiger partial charge on any atom is 0.339 e. The lowest BCUT2D eigenvalue weighted by atomic mass is 10.2. The molecule has 140 valence electrons. The smallest absolute Gasteiger partial charge is 0.339 e. The van der Waals surface area contributed by atoms with E-state index < -0.39 is 5.97 Å². The molecule has 0 radical (unpaired) electrons. The van der Waals surface area contributed by atoms with Crippen molar-refractivity contribution in [1.82, 2.24) is 9.80 Å². The van der Waals surface area contributed by atoms with Crippen LogP contribution in [0.4, 0.5) is 10.5 Å². The van der Waals surface area contributed by atoms with E-state index in [2.05, 4.69) is 5.32 Å². The van der Waals surface area contributed by atoms with Crippen molar-refractivity contribution in [2.24, 2.45) is 0 Å². The second-order valence-electron chi connectivity index (χ2n) is 6.28. The van der Waals surface area contributed by atoms with Gasteiger partial charge in [-0.3, -0.25) is 4.79 Å². The normalized spacial score (nSPS) is 20.0. The zero-order chi connectivity index (χ0) is 18.5. The first-order chi connectivity index (χ1) is 12.6. The van der Waals surface area contributed by atoms with E-state index in [4.69, 9.17) is 9.47 Å². The lowest BCUT2D eigenvalue weighted by Gasteiger charge is -2.35. The van der Waals surface area contributed by atoms with Crippen LogP contribution in [0.15, 0.2) is 24.3 Å². The number of hydrogen-bond donors (Lipinski definition) is 1. The summed E-state index contributed by atoms with van der Waals surface area (Å²) in [6.45, 7) is 2.46. The highest BCUT2D eigenvalue weighted by molar-refractivity contribution is 6.00. The summed E-state index contributed by atoms with van der Waals surface area (Å²) in [6.07, 6.45) is 1.35. The highest BCUT2D eigenvalue weighted by atomic mass is 16.5. The number of para-hydroxylation sites is 1. The number of benzene rings is 1. The Balaban J connectivity index is 1.56. The van der Waals surface area contributed by atoms with Crippen molar-refractivity contribution in [3.8, 4) is 0 Å². The fourth-order valence-electron chi connectivity index (χ4n) is 3.18. The lowest BCUT2D eigenvalue weighted by molar-refractivity contribution is -0.142. The molecule has 3 rings (SSSR count). The van der Waals surface area contributed by atoms with Gasteiger partial charge in [-0.25, -0.2) is 9.59 Å². The van der Waals surface area contributed by atoms with E-state index in [1.165, 1.54) is 7.11 Å². The average Bonchev–Trinajstić information content (AvgIpc) is 3.22. The van der Waals surface area contributed by atoms with E-state index in [9.17, 15) is 14.4 Å². The number of hydrogen-bond acceptors (Lipinski definition) is 5. The van der Waals surface area contributed by atoms with Gasteiger partial charge in [0.25, 0.3) is 5.91 Å². The third kappa shape index (κ3) is 3.96. The molecule has 2 heterocycles. The quantitative estimate of drug-likeness (QED) is 0.821. The molecule has 2 aliphatic heterocycles. The summed E-state index contributed by atoms with van der Waals surface area (Å²) in [5.41, 5.74) is 0.706. The SMILES string of the molecule is COC(=O)c1ccccc1NC(=O)N1CCN(C(=O)[C@@H]2CCCO2)CC1. The van der Waals surface area contributed by atoms with Crippen molar-refractivity contribution in [3.63, 3.8) is 0 Å². The second-order valence-corrected chi connectivity index (χ2v) is 6.28. The van der Waals surface area contributed by atoms with Crippen molar-refractivity contribution >= 4 is 23.6 Å². The summed E-state index contributed by atoms with van der Waals surface area (Å²) < 4.78 is 10.2. The number of methoxy groups -OCH3 is 1. The minimum absolute atomic E-state index is 0.0126. The van der Waals surface area contributed by atoms with Gasteiger partial charge in [0.05, 0.1) is 18.4 Å². The Hall–Kier alpha value is -2.61. The summed E-state index contributed by atoms with van der Waals surface area (Å²) >= 11 is 0. The van der Waals surface area contributed by atoms with Gasteiger partial charge in [0.1, 0.15) is 6.10 Å². The molecule has 26 heavy (non-hydrogen) atoms. The van der Waals surface area contributed by atoms with Crippen LogP contribution < -0.4 is 5.32 Å². The van der Waals surface area contributed by atoms with Crippen molar-refractivity contribution in [1.29, 1.82) is 0 Å². The minimum Gasteiger partial charge on any atom is -0.465 e. The summed E-state index contributed by atoms with van der Waals surface area (Å²) in [5.74, 6) is -0.494. The molecule has 0 aromatic heterocycles. The van der Waals surface area contributed by atoms with Crippen LogP contribution in [-0.4, -0.2) is 73.7 Å². The first-order valence-electron chi connectivity index (χ1n) is 8.74. The predicted octanol–water partition coefficient (Wildman–Crippen LogP) is 1.33. The molecule has 2 saturated heterocycles. The highest BCUT2D eigenvalue weighted by Crippen LogP contribution is 2.18. The fraction of sp³-hybridized carbons (Fsp3) is 0.500. The molecule has 0 spiro atoms. The monoisotopic (exact) mass is 361 g/mol. The molecule has 8 nitrogen and oxygen atoms in total. The molecule has 2 fully saturated rings. The molecule has 1 aromatic rings. The van der Waals surface area contributed by atoms with Crippen LogP contribution in [0.5, 0.6) is 0 Å². The molecule has 0 unspecified atom stereocenters. The molecular formula is C18H23N3O5. The summed E-state index contributed by atoms with van der Waals surface area (Å²) in [6, 6.07) is 6.39. The van der Waals surface area contributed by atoms with Crippen LogP contribution in [-0.2, 0) is 14.3 Å².